The number of amides is 2. The molecular formula is C11H9Cl2FN2O3. The maximum atomic E-state index is 13.0. The van der Waals surface area contributed by atoms with E-state index in [2.05, 4.69) is 5.32 Å². The second-order valence-electron chi connectivity index (χ2n) is 4.11. The monoisotopic (exact) mass is 306 g/mol. The Morgan fingerprint density at radius 3 is 2.32 bits per heavy atom. The summed E-state index contributed by atoms with van der Waals surface area (Å²) in [7, 11) is 0. The van der Waals surface area contributed by atoms with Gasteiger partial charge in [-0.3, -0.25) is 4.79 Å². The van der Waals surface area contributed by atoms with Crippen molar-refractivity contribution in [3.05, 3.63) is 28.0 Å². The predicted molar refractivity (Wildman–Crippen MR) is 68.1 cm³/mol. The van der Waals surface area contributed by atoms with E-state index in [0.717, 1.165) is 12.1 Å². The number of likely N-dealkylation sites (tertiary alicyclic amines) is 1. The standard InChI is InChI=1S/C11H9Cl2FN2O3/c12-7-1-6(14)2-8(13)9(7)15-11(19)16-3-5(4-16)10(17)18/h1-2,5H,3-4H2,(H,15,19)(H,17,18). The van der Waals surface area contributed by atoms with Crippen LogP contribution in [0.15, 0.2) is 12.1 Å². The van der Waals surface area contributed by atoms with E-state index in [1.807, 2.05) is 0 Å². The van der Waals surface area contributed by atoms with Crippen LogP contribution in [-0.2, 0) is 4.79 Å². The molecule has 0 atom stereocenters. The highest BCUT2D eigenvalue weighted by atomic mass is 35.5. The summed E-state index contributed by atoms with van der Waals surface area (Å²) in [5.74, 6) is -2.10. The van der Waals surface area contributed by atoms with Gasteiger partial charge in [0.15, 0.2) is 0 Å². The number of anilines is 1. The molecule has 0 aliphatic carbocycles. The number of benzene rings is 1. The van der Waals surface area contributed by atoms with E-state index in [9.17, 15) is 14.0 Å². The minimum absolute atomic E-state index is 0.0198. The summed E-state index contributed by atoms with van der Waals surface area (Å²) in [4.78, 5) is 23.7. The number of hydrogen-bond acceptors (Lipinski definition) is 2. The van der Waals surface area contributed by atoms with Crippen LogP contribution in [0.25, 0.3) is 0 Å². The van der Waals surface area contributed by atoms with Crippen molar-refractivity contribution in [2.75, 3.05) is 18.4 Å². The van der Waals surface area contributed by atoms with Crippen molar-refractivity contribution in [3.63, 3.8) is 0 Å². The van der Waals surface area contributed by atoms with E-state index in [-0.39, 0.29) is 28.8 Å². The second kappa shape index (κ2) is 5.22. The molecule has 8 heteroatoms. The van der Waals surface area contributed by atoms with Crippen molar-refractivity contribution in [1.82, 2.24) is 4.90 Å². The molecule has 1 saturated heterocycles. The number of aliphatic carboxylic acids is 1. The highest BCUT2D eigenvalue weighted by Crippen LogP contribution is 2.32. The van der Waals surface area contributed by atoms with Gasteiger partial charge in [-0.2, -0.15) is 0 Å². The third kappa shape index (κ3) is 2.90. The first-order chi connectivity index (χ1) is 8.88. The van der Waals surface area contributed by atoms with Gasteiger partial charge in [-0.15, -0.1) is 0 Å². The van der Waals surface area contributed by atoms with Gasteiger partial charge in [-0.1, -0.05) is 23.2 Å². The molecule has 1 heterocycles. The molecule has 1 aliphatic heterocycles. The van der Waals surface area contributed by atoms with E-state index in [1.165, 1.54) is 4.90 Å². The lowest BCUT2D eigenvalue weighted by Gasteiger charge is -2.36. The Kier molecular flexibility index (Phi) is 3.82. The van der Waals surface area contributed by atoms with Gasteiger partial charge in [-0.05, 0) is 12.1 Å². The fourth-order valence-electron chi connectivity index (χ4n) is 1.65. The number of carboxylic acids is 1. The fraction of sp³-hybridized carbons (Fsp3) is 0.273. The lowest BCUT2D eigenvalue weighted by atomic mass is 10.0. The number of rotatable bonds is 2. The maximum absolute atomic E-state index is 13.0. The zero-order chi connectivity index (χ0) is 14.2. The Balaban J connectivity index is 2.03. The van der Waals surface area contributed by atoms with Crippen LogP contribution in [0.1, 0.15) is 0 Å². The third-order valence-corrected chi connectivity index (χ3v) is 3.35. The zero-order valence-corrected chi connectivity index (χ0v) is 11.0. The Morgan fingerprint density at radius 2 is 1.84 bits per heavy atom. The number of carbonyl (C=O) groups is 2. The highest BCUT2D eigenvalue weighted by Gasteiger charge is 2.35. The maximum Gasteiger partial charge on any atom is 0.321 e. The summed E-state index contributed by atoms with van der Waals surface area (Å²) in [5, 5.41) is 11.1. The van der Waals surface area contributed by atoms with Gasteiger partial charge in [-0.25, -0.2) is 9.18 Å². The second-order valence-corrected chi connectivity index (χ2v) is 4.93. The van der Waals surface area contributed by atoms with Gasteiger partial charge in [0.05, 0.1) is 21.7 Å². The first-order valence-electron chi connectivity index (χ1n) is 5.31. The molecule has 2 amide bonds. The summed E-state index contributed by atoms with van der Waals surface area (Å²) in [6.07, 6.45) is 0. The Morgan fingerprint density at radius 1 is 1.32 bits per heavy atom. The molecule has 2 rings (SSSR count). The number of nitrogens with zero attached hydrogens (tertiary/aromatic N) is 1. The average Bonchev–Trinajstić information content (AvgIpc) is 2.20. The van der Waals surface area contributed by atoms with E-state index in [1.54, 1.807) is 0 Å². The molecule has 0 bridgehead atoms. The number of hydrogen-bond donors (Lipinski definition) is 2. The van der Waals surface area contributed by atoms with Gasteiger partial charge >= 0.3 is 12.0 Å². The molecule has 0 saturated carbocycles. The number of carbonyl (C=O) groups excluding carboxylic acids is 1. The van der Waals surface area contributed by atoms with Crippen LogP contribution in [0.4, 0.5) is 14.9 Å². The first-order valence-corrected chi connectivity index (χ1v) is 6.07. The SMILES string of the molecule is O=C(O)C1CN(C(=O)Nc2c(Cl)cc(F)cc2Cl)C1. The van der Waals surface area contributed by atoms with Crippen LogP contribution in [-0.4, -0.2) is 35.1 Å². The lowest BCUT2D eigenvalue weighted by molar-refractivity contribution is -0.145. The van der Waals surface area contributed by atoms with Gasteiger partial charge in [0.1, 0.15) is 5.82 Å². The fourth-order valence-corrected chi connectivity index (χ4v) is 2.20. The van der Waals surface area contributed by atoms with Crippen LogP contribution in [0, 0.1) is 11.7 Å². The minimum atomic E-state index is -0.943. The molecule has 0 spiro atoms. The van der Waals surface area contributed by atoms with Gasteiger partial charge < -0.3 is 15.3 Å². The quantitative estimate of drug-likeness (QED) is 0.882. The van der Waals surface area contributed by atoms with Crippen LogP contribution >= 0.6 is 23.2 Å². The Labute approximate surface area is 117 Å². The number of nitrogens with one attached hydrogen (secondary N) is 1. The summed E-state index contributed by atoms with van der Waals surface area (Å²) < 4.78 is 13.0. The molecule has 1 aromatic rings. The largest absolute Gasteiger partial charge is 0.481 e. The van der Waals surface area contributed by atoms with Crippen molar-refractivity contribution in [3.8, 4) is 0 Å². The zero-order valence-electron chi connectivity index (χ0n) is 9.49. The predicted octanol–water partition coefficient (Wildman–Crippen LogP) is 2.68. The molecule has 5 nitrogen and oxygen atoms in total. The van der Waals surface area contributed by atoms with Crippen molar-refractivity contribution >= 4 is 40.9 Å². The summed E-state index contributed by atoms with van der Waals surface area (Å²) in [6, 6.07) is 1.53. The lowest BCUT2D eigenvalue weighted by Crippen LogP contribution is -2.54. The van der Waals surface area contributed by atoms with Crippen LogP contribution in [0.5, 0.6) is 0 Å². The van der Waals surface area contributed by atoms with Crippen LogP contribution < -0.4 is 5.32 Å². The summed E-state index contributed by atoms with van der Waals surface area (Å²) >= 11 is 11.5. The van der Waals surface area contributed by atoms with Gasteiger partial charge in [0.2, 0.25) is 0 Å². The summed E-state index contributed by atoms with van der Waals surface area (Å²) in [6.45, 7) is 0.245. The van der Waals surface area contributed by atoms with Crippen molar-refractivity contribution in [2.24, 2.45) is 5.92 Å². The molecule has 1 aromatic carbocycles. The van der Waals surface area contributed by atoms with Crippen molar-refractivity contribution in [1.29, 1.82) is 0 Å². The minimum Gasteiger partial charge on any atom is -0.481 e. The summed E-state index contributed by atoms with van der Waals surface area (Å²) in [5.41, 5.74) is 0.105. The van der Waals surface area contributed by atoms with Crippen molar-refractivity contribution < 1.29 is 19.1 Å². The molecule has 2 N–H and O–H groups in total. The van der Waals surface area contributed by atoms with Gasteiger partial charge in [0.25, 0.3) is 0 Å². The highest BCUT2D eigenvalue weighted by molar-refractivity contribution is 6.39. The first kappa shape index (κ1) is 13.9. The van der Waals surface area contributed by atoms with E-state index < -0.39 is 23.7 Å². The molecule has 0 radical (unpaired) electrons. The number of urea groups is 1. The van der Waals surface area contributed by atoms with Crippen LogP contribution in [0.3, 0.4) is 0 Å². The topological polar surface area (TPSA) is 69.6 Å². The molecule has 102 valence electrons. The molecule has 0 unspecified atom stereocenters. The molecule has 19 heavy (non-hydrogen) atoms. The van der Waals surface area contributed by atoms with Crippen LogP contribution in [0.2, 0.25) is 10.0 Å². The molecule has 1 aliphatic rings. The molecule has 1 fully saturated rings. The number of halogens is 3. The normalized spacial score (nSPS) is 15.0. The van der Waals surface area contributed by atoms with E-state index in [4.69, 9.17) is 28.3 Å². The van der Waals surface area contributed by atoms with Crippen molar-refractivity contribution in [2.45, 2.75) is 0 Å². The third-order valence-electron chi connectivity index (χ3n) is 2.76. The Bertz CT molecular complexity index is 524. The smallest absolute Gasteiger partial charge is 0.321 e. The van der Waals surface area contributed by atoms with Gasteiger partial charge in [0, 0.05) is 13.1 Å². The van der Waals surface area contributed by atoms with E-state index >= 15 is 0 Å². The molecule has 0 aromatic heterocycles. The Hall–Kier alpha value is -1.53. The average molecular weight is 307 g/mol. The molecular weight excluding hydrogens is 298 g/mol. The van der Waals surface area contributed by atoms with E-state index in [0.29, 0.717) is 0 Å². The number of carboxylic acid groups (broad SMARTS) is 1.